The third-order valence-corrected chi connectivity index (χ3v) is 4.58. The van der Waals surface area contributed by atoms with Gasteiger partial charge in [-0.1, -0.05) is 12.1 Å². The number of ether oxygens (including phenoxy) is 3. The molecule has 2 aromatic carbocycles. The van der Waals surface area contributed by atoms with Crippen molar-refractivity contribution in [2.24, 2.45) is 0 Å². The quantitative estimate of drug-likeness (QED) is 0.876. The molecule has 0 fully saturated rings. The van der Waals surface area contributed by atoms with E-state index in [0.29, 0.717) is 0 Å². The molecule has 1 aliphatic heterocycles. The Kier molecular flexibility index (Phi) is 3.84. The van der Waals surface area contributed by atoms with Crippen LogP contribution in [0, 0.1) is 0 Å². The van der Waals surface area contributed by atoms with Crippen LogP contribution in [0.1, 0.15) is 30.9 Å². The van der Waals surface area contributed by atoms with Crippen LogP contribution >= 0.6 is 0 Å². The highest BCUT2D eigenvalue weighted by atomic mass is 16.5. The minimum Gasteiger partial charge on any atom is -0.497 e. The van der Waals surface area contributed by atoms with E-state index in [2.05, 4.69) is 19.9 Å². The summed E-state index contributed by atoms with van der Waals surface area (Å²) in [6, 6.07) is 11.8. The number of nitrogen functional groups attached to an aromatic ring is 1. The Hall–Kier alpha value is -2.36. The maximum absolute atomic E-state index is 6.27. The lowest BCUT2D eigenvalue weighted by molar-refractivity contribution is 0.0613. The molecule has 4 nitrogen and oxygen atoms in total. The van der Waals surface area contributed by atoms with Gasteiger partial charge in [0.25, 0.3) is 0 Å². The summed E-state index contributed by atoms with van der Waals surface area (Å²) in [4.78, 5) is 0. The lowest BCUT2D eigenvalue weighted by Crippen LogP contribution is -2.40. The fourth-order valence-corrected chi connectivity index (χ4v) is 3.23. The Morgan fingerprint density at radius 3 is 2.35 bits per heavy atom. The first-order valence-electron chi connectivity index (χ1n) is 7.74. The monoisotopic (exact) mass is 313 g/mol. The van der Waals surface area contributed by atoms with Crippen molar-refractivity contribution in [2.45, 2.75) is 31.8 Å². The van der Waals surface area contributed by atoms with Crippen molar-refractivity contribution in [2.75, 3.05) is 20.0 Å². The number of hydrogen-bond donors (Lipinski definition) is 1. The molecule has 0 bridgehead atoms. The van der Waals surface area contributed by atoms with Gasteiger partial charge < -0.3 is 19.9 Å². The Morgan fingerprint density at radius 1 is 1.04 bits per heavy atom. The van der Waals surface area contributed by atoms with Crippen LogP contribution in [-0.2, 0) is 6.42 Å². The lowest BCUT2D eigenvalue weighted by Gasteiger charge is -2.41. The molecule has 1 unspecified atom stereocenters. The average molecular weight is 313 g/mol. The van der Waals surface area contributed by atoms with Crippen molar-refractivity contribution in [1.82, 2.24) is 0 Å². The minimum absolute atomic E-state index is 0.175. The van der Waals surface area contributed by atoms with Gasteiger partial charge in [0.05, 0.1) is 14.2 Å². The van der Waals surface area contributed by atoms with Gasteiger partial charge in [-0.2, -0.15) is 0 Å². The van der Waals surface area contributed by atoms with E-state index in [4.69, 9.17) is 19.9 Å². The molecule has 23 heavy (non-hydrogen) atoms. The zero-order valence-electron chi connectivity index (χ0n) is 14.1. The molecule has 2 N–H and O–H groups in total. The number of rotatable bonds is 3. The molecule has 0 aliphatic carbocycles. The molecular formula is C19H23NO3. The second-order valence-corrected chi connectivity index (χ2v) is 6.43. The number of nitrogens with two attached hydrogens (primary N) is 1. The first-order valence-corrected chi connectivity index (χ1v) is 7.74. The topological polar surface area (TPSA) is 53.7 Å². The molecular weight excluding hydrogens is 290 g/mol. The molecule has 1 heterocycles. The van der Waals surface area contributed by atoms with Crippen LogP contribution in [0.2, 0.25) is 0 Å². The summed E-state index contributed by atoms with van der Waals surface area (Å²) in [5.41, 5.74) is 8.91. The molecule has 122 valence electrons. The Morgan fingerprint density at radius 2 is 1.70 bits per heavy atom. The van der Waals surface area contributed by atoms with E-state index < -0.39 is 0 Å². The van der Waals surface area contributed by atoms with Gasteiger partial charge in [0, 0.05) is 23.7 Å². The van der Waals surface area contributed by atoms with Gasteiger partial charge in [0.2, 0.25) is 0 Å². The van der Waals surface area contributed by atoms with E-state index >= 15 is 0 Å². The zero-order chi connectivity index (χ0) is 16.6. The van der Waals surface area contributed by atoms with Crippen LogP contribution in [0.3, 0.4) is 0 Å². The molecule has 0 aromatic heterocycles. The van der Waals surface area contributed by atoms with Crippen LogP contribution in [0.15, 0.2) is 36.4 Å². The van der Waals surface area contributed by atoms with Gasteiger partial charge in [-0.3, -0.25) is 0 Å². The Balaban J connectivity index is 2.00. The van der Waals surface area contributed by atoms with Crippen molar-refractivity contribution < 1.29 is 14.2 Å². The van der Waals surface area contributed by atoms with E-state index in [1.54, 1.807) is 14.2 Å². The molecule has 2 aromatic rings. The fourth-order valence-electron chi connectivity index (χ4n) is 3.23. The number of hydrogen-bond acceptors (Lipinski definition) is 4. The summed E-state index contributed by atoms with van der Waals surface area (Å²) in [6.07, 6.45) is 0.878. The molecule has 1 atom stereocenters. The highest BCUT2D eigenvalue weighted by Crippen LogP contribution is 2.45. The first-order chi connectivity index (χ1) is 10.9. The summed E-state index contributed by atoms with van der Waals surface area (Å²) in [5, 5.41) is 0. The lowest BCUT2D eigenvalue weighted by atomic mass is 9.77. The molecule has 0 spiro atoms. The van der Waals surface area contributed by atoms with Crippen molar-refractivity contribution in [3.05, 3.63) is 47.5 Å². The zero-order valence-corrected chi connectivity index (χ0v) is 14.1. The summed E-state index contributed by atoms with van der Waals surface area (Å²) < 4.78 is 16.8. The van der Waals surface area contributed by atoms with Gasteiger partial charge in [0.1, 0.15) is 22.8 Å². The number of methoxy groups -OCH3 is 2. The van der Waals surface area contributed by atoms with Crippen LogP contribution in [0.25, 0.3) is 0 Å². The predicted octanol–water partition coefficient (Wildman–Crippen LogP) is 3.78. The molecule has 4 heteroatoms. The number of anilines is 1. The summed E-state index contributed by atoms with van der Waals surface area (Å²) in [6.45, 7) is 4.20. The molecule has 0 amide bonds. The minimum atomic E-state index is -0.359. The third-order valence-electron chi connectivity index (χ3n) is 4.58. The summed E-state index contributed by atoms with van der Waals surface area (Å²) in [5.74, 6) is 2.64. The Labute approximate surface area is 137 Å². The van der Waals surface area contributed by atoms with Crippen molar-refractivity contribution in [3.8, 4) is 17.2 Å². The highest BCUT2D eigenvalue weighted by Gasteiger charge is 2.39. The fraction of sp³-hybridized carbons (Fsp3) is 0.368. The second-order valence-electron chi connectivity index (χ2n) is 6.43. The largest absolute Gasteiger partial charge is 0.497 e. The maximum atomic E-state index is 6.27. The SMILES string of the molecule is COc1ccc(C2Cc3ccc(OC)cc3OC2(C)C)c(N)c1. The van der Waals surface area contributed by atoms with Gasteiger partial charge in [0.15, 0.2) is 0 Å². The van der Waals surface area contributed by atoms with Crippen molar-refractivity contribution >= 4 is 5.69 Å². The van der Waals surface area contributed by atoms with E-state index in [-0.39, 0.29) is 11.5 Å². The first kappa shape index (κ1) is 15.5. The van der Waals surface area contributed by atoms with Gasteiger partial charge in [-0.25, -0.2) is 0 Å². The molecule has 3 rings (SSSR count). The molecule has 0 saturated heterocycles. The second kappa shape index (κ2) is 5.69. The smallest absolute Gasteiger partial charge is 0.127 e. The van der Waals surface area contributed by atoms with E-state index in [1.807, 2.05) is 30.3 Å². The van der Waals surface area contributed by atoms with Crippen LogP contribution in [-0.4, -0.2) is 19.8 Å². The number of fused-ring (bicyclic) bond motifs is 1. The highest BCUT2D eigenvalue weighted by molar-refractivity contribution is 5.55. The standard InChI is InChI=1S/C19H23NO3/c1-19(2)16(15-8-7-13(21-3)10-17(15)20)9-12-5-6-14(22-4)11-18(12)23-19/h5-8,10-11,16H,9,20H2,1-4H3. The van der Waals surface area contributed by atoms with E-state index in [1.165, 1.54) is 5.56 Å². The van der Waals surface area contributed by atoms with Crippen LogP contribution in [0.5, 0.6) is 17.2 Å². The maximum Gasteiger partial charge on any atom is 0.127 e. The predicted molar refractivity (Wildman–Crippen MR) is 91.6 cm³/mol. The summed E-state index contributed by atoms with van der Waals surface area (Å²) in [7, 11) is 3.31. The third kappa shape index (κ3) is 2.81. The van der Waals surface area contributed by atoms with Crippen molar-refractivity contribution in [3.63, 3.8) is 0 Å². The normalized spacial score (nSPS) is 18.7. The van der Waals surface area contributed by atoms with Crippen molar-refractivity contribution in [1.29, 1.82) is 0 Å². The van der Waals surface area contributed by atoms with Gasteiger partial charge >= 0.3 is 0 Å². The van der Waals surface area contributed by atoms with Crippen LogP contribution < -0.4 is 19.9 Å². The van der Waals surface area contributed by atoms with E-state index in [9.17, 15) is 0 Å². The summed E-state index contributed by atoms with van der Waals surface area (Å²) >= 11 is 0. The molecule has 1 aliphatic rings. The molecule has 0 saturated carbocycles. The van der Waals surface area contributed by atoms with Crippen LogP contribution in [0.4, 0.5) is 5.69 Å². The van der Waals surface area contributed by atoms with Gasteiger partial charge in [-0.05, 0) is 43.5 Å². The average Bonchev–Trinajstić information content (AvgIpc) is 2.53. The van der Waals surface area contributed by atoms with E-state index in [0.717, 1.165) is 34.9 Å². The Bertz CT molecular complexity index is 725. The van der Waals surface area contributed by atoms with Gasteiger partial charge in [-0.15, -0.1) is 0 Å². The molecule has 0 radical (unpaired) electrons. The number of benzene rings is 2.